The van der Waals surface area contributed by atoms with Crippen LogP contribution < -0.4 is 15.5 Å². The minimum atomic E-state index is -0.531. The molecule has 2 aliphatic rings. The Labute approximate surface area is 145 Å². The van der Waals surface area contributed by atoms with Crippen molar-refractivity contribution in [1.29, 1.82) is 0 Å². The Morgan fingerprint density at radius 1 is 1.16 bits per heavy atom. The number of carbonyl (C=O) groups is 1. The van der Waals surface area contributed by atoms with Gasteiger partial charge in [0.05, 0.1) is 12.6 Å². The van der Waals surface area contributed by atoms with Crippen molar-refractivity contribution >= 4 is 17.7 Å². The van der Waals surface area contributed by atoms with Crippen molar-refractivity contribution in [3.8, 4) is 0 Å². The number of piperidine rings is 1. The number of benzene rings is 1. The summed E-state index contributed by atoms with van der Waals surface area (Å²) in [5.74, 6) is -0.285. The quantitative estimate of drug-likeness (QED) is 0.812. The normalized spacial score (nSPS) is 22.3. The summed E-state index contributed by atoms with van der Waals surface area (Å²) >= 11 is 0. The lowest BCUT2D eigenvalue weighted by atomic mass is 9.97. The Morgan fingerprint density at radius 2 is 1.76 bits per heavy atom. The molecule has 0 unspecified atom stereocenters. The van der Waals surface area contributed by atoms with Crippen molar-refractivity contribution in [2.45, 2.75) is 45.2 Å². The Kier molecular flexibility index (Phi) is 5.06. The van der Waals surface area contributed by atoms with Crippen molar-refractivity contribution in [3.63, 3.8) is 0 Å². The highest BCUT2D eigenvalue weighted by atomic mass is 16.6. The van der Waals surface area contributed by atoms with E-state index in [2.05, 4.69) is 20.7 Å². The van der Waals surface area contributed by atoms with E-state index in [1.165, 1.54) is 0 Å². The molecule has 1 aromatic rings. The number of ether oxygens (including phenoxy) is 1. The summed E-state index contributed by atoms with van der Waals surface area (Å²) in [5.41, 5.74) is 0. The molecule has 132 valence electrons. The molecule has 0 aliphatic carbocycles. The molecule has 25 heavy (non-hydrogen) atoms. The standard InChI is InChI=1S/C17H21N5O3/c1-11-4-3-5-12(2)22(11)15(23)10-25-17(24)14-8-6-13(7-9-14)16-18-20-21-19-16/h6-9,11-12,24H,3-5,10H2,1-2H3/p-1/t11-,12-/m0/s1. The van der Waals surface area contributed by atoms with Crippen LogP contribution in [0.2, 0.25) is 0 Å². The molecule has 1 saturated heterocycles. The molecule has 1 amide bonds. The largest absolute Gasteiger partial charge is 0.603 e. The van der Waals surface area contributed by atoms with Gasteiger partial charge in [-0.05, 0) is 48.8 Å². The van der Waals surface area contributed by atoms with E-state index < -0.39 is 5.95 Å². The Balaban J connectivity index is 1.69. The van der Waals surface area contributed by atoms with Crippen LogP contribution >= 0.6 is 0 Å². The maximum atomic E-state index is 12.4. The molecule has 3 rings (SSSR count). The van der Waals surface area contributed by atoms with Gasteiger partial charge in [0.25, 0.3) is 0 Å². The third-order valence-corrected chi connectivity index (χ3v) is 4.51. The minimum absolute atomic E-state index is 0.146. The zero-order valence-electron chi connectivity index (χ0n) is 14.3. The molecule has 2 atom stereocenters. The van der Waals surface area contributed by atoms with E-state index in [0.29, 0.717) is 16.3 Å². The smallest absolute Gasteiger partial charge is 0.233 e. The van der Waals surface area contributed by atoms with Gasteiger partial charge >= 0.3 is 0 Å². The molecule has 2 heterocycles. The first-order chi connectivity index (χ1) is 12.1. The molecular formula is C17H20N5O3-. The number of amides is 1. The van der Waals surface area contributed by atoms with Gasteiger partial charge in [-0.3, -0.25) is 4.79 Å². The first kappa shape index (κ1) is 17.1. The number of carbonyl (C=O) groups excluding carboxylic acids is 1. The maximum Gasteiger partial charge on any atom is 0.233 e. The second-order valence-corrected chi connectivity index (χ2v) is 6.29. The first-order valence-corrected chi connectivity index (χ1v) is 8.33. The molecule has 2 aliphatic heterocycles. The molecule has 0 aromatic heterocycles. The van der Waals surface area contributed by atoms with Crippen LogP contribution in [0.15, 0.2) is 44.9 Å². The van der Waals surface area contributed by atoms with E-state index in [0.717, 1.165) is 19.3 Å². The topological polar surface area (TPSA) is 102 Å². The van der Waals surface area contributed by atoms with E-state index in [1.54, 1.807) is 24.3 Å². The molecule has 0 spiro atoms. The van der Waals surface area contributed by atoms with Gasteiger partial charge in [0.1, 0.15) is 0 Å². The molecule has 8 heteroatoms. The first-order valence-electron chi connectivity index (χ1n) is 8.33. The maximum absolute atomic E-state index is 12.4. The van der Waals surface area contributed by atoms with Crippen LogP contribution in [-0.4, -0.2) is 29.5 Å². The summed E-state index contributed by atoms with van der Waals surface area (Å²) in [4.78, 5) is 14.2. The van der Waals surface area contributed by atoms with Crippen LogP contribution in [-0.2, 0) is 9.53 Å². The Hall–Kier alpha value is -2.77. The highest BCUT2D eigenvalue weighted by molar-refractivity contribution is 5.78. The van der Waals surface area contributed by atoms with Crippen molar-refractivity contribution in [1.82, 2.24) is 4.90 Å². The van der Waals surface area contributed by atoms with Gasteiger partial charge in [0.15, 0.2) is 0 Å². The van der Waals surface area contributed by atoms with Gasteiger partial charge < -0.3 is 14.7 Å². The van der Waals surface area contributed by atoms with Gasteiger partial charge in [-0.15, -0.1) is 10.2 Å². The van der Waals surface area contributed by atoms with E-state index in [1.807, 2.05) is 18.7 Å². The average molecular weight is 342 g/mol. The van der Waals surface area contributed by atoms with Crippen molar-refractivity contribution in [2.24, 2.45) is 20.7 Å². The van der Waals surface area contributed by atoms with Crippen molar-refractivity contribution in [3.05, 3.63) is 34.7 Å². The summed E-state index contributed by atoms with van der Waals surface area (Å²) in [5, 5.41) is 27.5. The van der Waals surface area contributed by atoms with Crippen LogP contribution in [0.25, 0.3) is 11.8 Å². The predicted octanol–water partition coefficient (Wildman–Crippen LogP) is 0.817. The monoisotopic (exact) mass is 342 g/mol. The molecule has 0 radical (unpaired) electrons. The van der Waals surface area contributed by atoms with E-state index >= 15 is 0 Å². The summed E-state index contributed by atoms with van der Waals surface area (Å²) in [6, 6.07) is 6.94. The van der Waals surface area contributed by atoms with Gasteiger partial charge in [-0.1, -0.05) is 24.3 Å². The van der Waals surface area contributed by atoms with Crippen molar-refractivity contribution < 1.29 is 14.6 Å². The molecule has 0 bridgehead atoms. The van der Waals surface area contributed by atoms with Crippen LogP contribution in [0.4, 0.5) is 0 Å². The summed E-state index contributed by atoms with van der Waals surface area (Å²) in [6.07, 6.45) is 3.09. The summed E-state index contributed by atoms with van der Waals surface area (Å²) < 4.78 is 5.18. The molecule has 1 aromatic carbocycles. The zero-order valence-corrected chi connectivity index (χ0v) is 14.3. The lowest BCUT2D eigenvalue weighted by molar-refractivity contribution is -0.291. The Bertz CT molecular complexity index is 786. The fourth-order valence-corrected chi connectivity index (χ4v) is 3.21. The molecular weight excluding hydrogens is 322 g/mol. The number of hydrogen-bond acceptors (Lipinski definition) is 7. The number of hydrogen-bond donors (Lipinski definition) is 0. The van der Waals surface area contributed by atoms with Gasteiger partial charge in [0.2, 0.25) is 11.7 Å². The molecule has 0 N–H and O–H groups in total. The number of nitrogens with zero attached hydrogens (tertiary/aromatic N) is 5. The second-order valence-electron chi connectivity index (χ2n) is 6.29. The summed E-state index contributed by atoms with van der Waals surface area (Å²) in [6.45, 7) is 3.82. The fraction of sp³-hybridized carbons (Fsp3) is 0.471. The zero-order chi connectivity index (χ0) is 17.8. The van der Waals surface area contributed by atoms with Crippen LogP contribution in [0, 0.1) is 0 Å². The predicted molar refractivity (Wildman–Crippen MR) is 87.8 cm³/mol. The highest BCUT2D eigenvalue weighted by Gasteiger charge is 2.27. The second kappa shape index (κ2) is 7.42. The number of likely N-dealkylation sites (tertiary alicyclic amines) is 1. The van der Waals surface area contributed by atoms with E-state index in [-0.39, 0.29) is 24.6 Å². The van der Waals surface area contributed by atoms with Gasteiger partial charge in [0, 0.05) is 17.3 Å². The van der Waals surface area contributed by atoms with Crippen LogP contribution in [0.3, 0.4) is 0 Å². The van der Waals surface area contributed by atoms with Crippen LogP contribution in [0.5, 0.6) is 0 Å². The molecule has 0 saturated carbocycles. The molecule has 1 fully saturated rings. The van der Waals surface area contributed by atoms with Crippen molar-refractivity contribution in [2.75, 3.05) is 6.61 Å². The van der Waals surface area contributed by atoms with E-state index in [9.17, 15) is 9.90 Å². The SMILES string of the molecule is C[C@H]1CCC[C@H](C)N1C(=O)COC([O-])=c1ccc(=C2N=NN=N2)cc1. The third kappa shape index (κ3) is 3.84. The minimum Gasteiger partial charge on any atom is -0.603 e. The van der Waals surface area contributed by atoms with Gasteiger partial charge in [-0.2, -0.15) is 0 Å². The fourth-order valence-electron chi connectivity index (χ4n) is 3.21. The van der Waals surface area contributed by atoms with E-state index in [4.69, 9.17) is 4.74 Å². The highest BCUT2D eigenvalue weighted by Crippen LogP contribution is 2.22. The third-order valence-electron chi connectivity index (χ3n) is 4.51. The Morgan fingerprint density at radius 3 is 2.36 bits per heavy atom. The lowest BCUT2D eigenvalue weighted by Crippen LogP contribution is -2.49. The lowest BCUT2D eigenvalue weighted by Gasteiger charge is -2.39. The van der Waals surface area contributed by atoms with Gasteiger partial charge in [-0.25, -0.2) is 0 Å². The average Bonchev–Trinajstić information content (AvgIpc) is 3.14. The summed E-state index contributed by atoms with van der Waals surface area (Å²) in [7, 11) is 0. The van der Waals surface area contributed by atoms with Crippen LogP contribution in [0.1, 0.15) is 33.1 Å². The number of rotatable bonds is 3. The molecule has 8 nitrogen and oxygen atoms in total.